The minimum Gasteiger partial charge on any atom is -0.392 e. The van der Waals surface area contributed by atoms with E-state index >= 15 is 0 Å². The Balaban J connectivity index is 3.32. The van der Waals surface area contributed by atoms with E-state index in [1.165, 1.54) is 0 Å². The molecule has 0 aliphatic heterocycles. The number of aliphatic hydroxyl groups excluding tert-OH is 1. The summed E-state index contributed by atoms with van der Waals surface area (Å²) in [6.07, 6.45) is 2.41. The molecular formula is C7H17NO. The normalized spacial score (nSPS) is 17.3. The Labute approximate surface area is 57.1 Å². The Kier molecular flexibility index (Phi) is 4.72. The lowest BCUT2D eigenvalue weighted by molar-refractivity contribution is 0.132. The van der Waals surface area contributed by atoms with Crippen LogP contribution in [0.3, 0.4) is 0 Å². The lowest BCUT2D eigenvalue weighted by Gasteiger charge is -2.15. The van der Waals surface area contributed by atoms with Gasteiger partial charge in [-0.3, -0.25) is 0 Å². The quantitative estimate of drug-likeness (QED) is 0.595. The highest BCUT2D eigenvalue weighted by Crippen LogP contribution is 2.01. The Hall–Kier alpha value is -0.0800. The fourth-order valence-corrected chi connectivity index (χ4v) is 0.782. The lowest BCUT2D eigenvalue weighted by atomic mass is 10.1. The largest absolute Gasteiger partial charge is 0.392 e. The van der Waals surface area contributed by atoms with Gasteiger partial charge in [-0.25, -0.2) is 0 Å². The monoisotopic (exact) mass is 131 g/mol. The van der Waals surface area contributed by atoms with Crippen molar-refractivity contribution in [1.82, 2.24) is 0 Å². The second-order valence-corrected chi connectivity index (χ2v) is 2.43. The summed E-state index contributed by atoms with van der Waals surface area (Å²) in [4.78, 5) is 0. The zero-order valence-corrected chi connectivity index (χ0v) is 6.30. The molecule has 0 aliphatic rings. The van der Waals surface area contributed by atoms with Crippen LogP contribution < -0.4 is 5.73 Å². The van der Waals surface area contributed by atoms with E-state index in [0.29, 0.717) is 0 Å². The SMILES string of the molecule is CCC[C@H](O)[C@@H](N)CC. The van der Waals surface area contributed by atoms with Crippen LogP contribution in [0, 0.1) is 0 Å². The lowest BCUT2D eigenvalue weighted by Crippen LogP contribution is -2.33. The number of rotatable bonds is 4. The summed E-state index contributed by atoms with van der Waals surface area (Å²) in [5.41, 5.74) is 5.55. The van der Waals surface area contributed by atoms with Crippen LogP contribution in [-0.4, -0.2) is 17.3 Å². The number of nitrogens with two attached hydrogens (primary N) is 1. The highest BCUT2D eigenvalue weighted by molar-refractivity contribution is 4.68. The molecule has 0 amide bonds. The molecule has 0 rings (SSSR count). The molecule has 0 unspecified atom stereocenters. The van der Waals surface area contributed by atoms with E-state index in [1.54, 1.807) is 0 Å². The van der Waals surface area contributed by atoms with E-state index in [1.807, 2.05) is 13.8 Å². The fraction of sp³-hybridized carbons (Fsp3) is 1.00. The van der Waals surface area contributed by atoms with Crippen LogP contribution >= 0.6 is 0 Å². The molecule has 9 heavy (non-hydrogen) atoms. The second kappa shape index (κ2) is 4.77. The molecule has 2 nitrogen and oxygen atoms in total. The van der Waals surface area contributed by atoms with Gasteiger partial charge in [0.1, 0.15) is 0 Å². The summed E-state index contributed by atoms with van der Waals surface area (Å²) >= 11 is 0. The molecule has 2 atom stereocenters. The van der Waals surface area contributed by atoms with Crippen molar-refractivity contribution in [1.29, 1.82) is 0 Å². The van der Waals surface area contributed by atoms with E-state index in [-0.39, 0.29) is 12.1 Å². The molecule has 0 saturated carbocycles. The Bertz CT molecular complexity index is 65.9. The first kappa shape index (κ1) is 8.92. The molecule has 0 bridgehead atoms. The van der Waals surface area contributed by atoms with Crippen LogP contribution in [0.4, 0.5) is 0 Å². The first-order valence-corrected chi connectivity index (χ1v) is 3.66. The second-order valence-electron chi connectivity index (χ2n) is 2.43. The highest BCUT2D eigenvalue weighted by atomic mass is 16.3. The molecule has 0 heterocycles. The van der Waals surface area contributed by atoms with Gasteiger partial charge in [-0.1, -0.05) is 20.3 Å². The molecular weight excluding hydrogens is 114 g/mol. The predicted octanol–water partition coefficient (Wildman–Crippen LogP) is 0.885. The van der Waals surface area contributed by atoms with Crippen molar-refractivity contribution in [2.45, 2.75) is 45.3 Å². The summed E-state index contributed by atoms with van der Waals surface area (Å²) in [5, 5.41) is 9.19. The van der Waals surface area contributed by atoms with Gasteiger partial charge in [-0.15, -0.1) is 0 Å². The Morgan fingerprint density at radius 3 is 2.33 bits per heavy atom. The predicted molar refractivity (Wildman–Crippen MR) is 39.2 cm³/mol. The minimum absolute atomic E-state index is 0.0232. The van der Waals surface area contributed by atoms with Gasteiger partial charge in [0.25, 0.3) is 0 Å². The van der Waals surface area contributed by atoms with Crippen molar-refractivity contribution in [2.24, 2.45) is 5.73 Å². The van der Waals surface area contributed by atoms with Gasteiger partial charge in [0.05, 0.1) is 6.10 Å². The van der Waals surface area contributed by atoms with Gasteiger partial charge in [-0.05, 0) is 12.8 Å². The summed E-state index contributed by atoms with van der Waals surface area (Å²) in [7, 11) is 0. The van der Waals surface area contributed by atoms with E-state index in [0.717, 1.165) is 19.3 Å². The molecule has 0 saturated heterocycles. The van der Waals surface area contributed by atoms with Gasteiger partial charge in [0, 0.05) is 6.04 Å². The average Bonchev–Trinajstić information content (AvgIpc) is 1.87. The van der Waals surface area contributed by atoms with Crippen LogP contribution in [-0.2, 0) is 0 Å². The molecule has 0 spiro atoms. The summed E-state index contributed by atoms with van der Waals surface area (Å²) < 4.78 is 0. The van der Waals surface area contributed by atoms with E-state index in [4.69, 9.17) is 5.73 Å². The summed E-state index contributed by atoms with van der Waals surface area (Å²) in [6.45, 7) is 4.04. The van der Waals surface area contributed by atoms with Crippen LogP contribution in [0.2, 0.25) is 0 Å². The Morgan fingerprint density at radius 1 is 1.44 bits per heavy atom. The van der Waals surface area contributed by atoms with E-state index < -0.39 is 0 Å². The minimum atomic E-state index is -0.292. The van der Waals surface area contributed by atoms with Crippen molar-refractivity contribution in [3.05, 3.63) is 0 Å². The zero-order chi connectivity index (χ0) is 7.28. The van der Waals surface area contributed by atoms with Gasteiger partial charge >= 0.3 is 0 Å². The smallest absolute Gasteiger partial charge is 0.0690 e. The maximum Gasteiger partial charge on any atom is 0.0690 e. The van der Waals surface area contributed by atoms with Crippen molar-refractivity contribution in [2.75, 3.05) is 0 Å². The van der Waals surface area contributed by atoms with Gasteiger partial charge in [0.15, 0.2) is 0 Å². The zero-order valence-electron chi connectivity index (χ0n) is 6.30. The van der Waals surface area contributed by atoms with Gasteiger partial charge in [-0.2, -0.15) is 0 Å². The third-order valence-electron chi connectivity index (χ3n) is 1.55. The average molecular weight is 131 g/mol. The first-order valence-electron chi connectivity index (χ1n) is 3.66. The standard InChI is InChI=1S/C7H17NO/c1-3-5-7(9)6(8)4-2/h6-7,9H,3-5,8H2,1-2H3/t6-,7-/m0/s1. The molecule has 0 fully saturated rings. The molecule has 0 aromatic heterocycles. The van der Waals surface area contributed by atoms with Gasteiger partial charge in [0.2, 0.25) is 0 Å². The fourth-order valence-electron chi connectivity index (χ4n) is 0.782. The molecule has 0 aromatic carbocycles. The topological polar surface area (TPSA) is 46.2 Å². The van der Waals surface area contributed by atoms with E-state index in [9.17, 15) is 5.11 Å². The third kappa shape index (κ3) is 3.49. The first-order chi connectivity index (χ1) is 4.22. The van der Waals surface area contributed by atoms with Gasteiger partial charge < -0.3 is 10.8 Å². The van der Waals surface area contributed by atoms with Crippen LogP contribution in [0.15, 0.2) is 0 Å². The van der Waals surface area contributed by atoms with Crippen molar-refractivity contribution in [3.63, 3.8) is 0 Å². The molecule has 56 valence electrons. The van der Waals surface area contributed by atoms with E-state index in [2.05, 4.69) is 0 Å². The molecule has 0 aromatic rings. The highest BCUT2D eigenvalue weighted by Gasteiger charge is 2.09. The maximum atomic E-state index is 9.19. The molecule has 3 N–H and O–H groups in total. The molecule has 2 heteroatoms. The van der Waals surface area contributed by atoms with Crippen molar-refractivity contribution >= 4 is 0 Å². The molecule has 0 aliphatic carbocycles. The number of hydrogen-bond acceptors (Lipinski definition) is 2. The maximum absolute atomic E-state index is 9.19. The number of hydrogen-bond donors (Lipinski definition) is 2. The summed E-state index contributed by atoms with van der Waals surface area (Å²) in [6, 6.07) is -0.0232. The van der Waals surface area contributed by atoms with Crippen molar-refractivity contribution < 1.29 is 5.11 Å². The van der Waals surface area contributed by atoms with Crippen LogP contribution in [0.1, 0.15) is 33.1 Å². The van der Waals surface area contributed by atoms with Crippen molar-refractivity contribution in [3.8, 4) is 0 Å². The van der Waals surface area contributed by atoms with Crippen LogP contribution in [0.5, 0.6) is 0 Å². The molecule has 0 radical (unpaired) electrons. The van der Waals surface area contributed by atoms with Crippen LogP contribution in [0.25, 0.3) is 0 Å². The Morgan fingerprint density at radius 2 is 2.00 bits per heavy atom. The number of aliphatic hydroxyl groups is 1. The summed E-state index contributed by atoms with van der Waals surface area (Å²) in [5.74, 6) is 0. The third-order valence-corrected chi connectivity index (χ3v) is 1.55.